The number of carbonyl (C=O) groups excluding carboxylic acids is 2. The van der Waals surface area contributed by atoms with Crippen LogP contribution in [0.2, 0.25) is 0 Å². The van der Waals surface area contributed by atoms with Crippen LogP contribution in [0, 0.1) is 0 Å². The van der Waals surface area contributed by atoms with Crippen LogP contribution in [0.5, 0.6) is 0 Å². The van der Waals surface area contributed by atoms with E-state index in [2.05, 4.69) is 62.5 Å². The standard InChI is InChI=1S/C62H116NO8P/c1-6-8-10-12-14-16-18-20-22-24-26-28-29-30-31-32-33-35-36-38-40-42-44-46-48-50-52-54-61(64)68-58-60(59-70-72(66,67)69-57-56-63(3,4)5)71-62(65)55-53-51-49-47-45-43-41-39-37-34-27-25-23-21-19-17-15-13-11-9-7-2/h9,11,15,17,21,23,27,34,60H,6-8,10,12-14,16,18-20,22,24-26,28-33,35-59H2,1-5H3/p+1/b11-9-,17-15-,23-21-,34-27-. The van der Waals surface area contributed by atoms with Crippen LogP contribution in [0.1, 0.15) is 284 Å². The summed E-state index contributed by atoms with van der Waals surface area (Å²) >= 11 is 0. The highest BCUT2D eigenvalue weighted by atomic mass is 31.2. The molecule has 9 nitrogen and oxygen atoms in total. The summed E-state index contributed by atoms with van der Waals surface area (Å²) in [5, 5.41) is 0. The number of ether oxygens (including phenoxy) is 2. The van der Waals surface area contributed by atoms with Crippen LogP contribution in [0.4, 0.5) is 0 Å². The fourth-order valence-electron chi connectivity index (χ4n) is 8.72. The van der Waals surface area contributed by atoms with Gasteiger partial charge in [-0.25, -0.2) is 4.57 Å². The summed E-state index contributed by atoms with van der Waals surface area (Å²) in [6.45, 7) is 4.35. The largest absolute Gasteiger partial charge is 0.472 e. The van der Waals surface area contributed by atoms with Crippen LogP contribution in [-0.2, 0) is 32.7 Å². The first kappa shape index (κ1) is 70.0. The maximum absolute atomic E-state index is 12.8. The topological polar surface area (TPSA) is 108 Å². The summed E-state index contributed by atoms with van der Waals surface area (Å²) in [4.78, 5) is 35.7. The molecular weight excluding hydrogens is 918 g/mol. The minimum absolute atomic E-state index is 0.0302. The maximum atomic E-state index is 12.8. The third kappa shape index (κ3) is 57.3. The lowest BCUT2D eigenvalue weighted by Gasteiger charge is -2.24. The summed E-state index contributed by atoms with van der Waals surface area (Å²) in [7, 11) is 1.48. The number of nitrogens with zero attached hydrogens (tertiary/aromatic N) is 1. The van der Waals surface area contributed by atoms with E-state index in [1.807, 2.05) is 21.1 Å². The lowest BCUT2D eigenvalue weighted by Crippen LogP contribution is -2.37. The predicted octanol–water partition coefficient (Wildman–Crippen LogP) is 18.9. The highest BCUT2D eigenvalue weighted by Crippen LogP contribution is 2.43. The van der Waals surface area contributed by atoms with Crippen LogP contribution in [-0.4, -0.2) is 74.9 Å². The predicted molar refractivity (Wildman–Crippen MR) is 307 cm³/mol. The van der Waals surface area contributed by atoms with Crippen molar-refractivity contribution in [3.63, 3.8) is 0 Å². The highest BCUT2D eigenvalue weighted by Gasteiger charge is 2.27. The molecule has 2 atom stereocenters. The zero-order valence-corrected chi connectivity index (χ0v) is 48.8. The van der Waals surface area contributed by atoms with Crippen LogP contribution in [0.15, 0.2) is 48.6 Å². The number of quaternary nitrogens is 1. The molecule has 0 aliphatic heterocycles. The summed E-state index contributed by atoms with van der Waals surface area (Å²) in [5.74, 6) is -0.795. The van der Waals surface area contributed by atoms with Crippen LogP contribution >= 0.6 is 7.82 Å². The molecule has 0 amide bonds. The number of hydrogen-bond acceptors (Lipinski definition) is 7. The molecule has 0 spiro atoms. The molecule has 0 aromatic heterocycles. The van der Waals surface area contributed by atoms with Gasteiger partial charge in [0.1, 0.15) is 19.8 Å². The second-order valence-corrected chi connectivity index (χ2v) is 23.2. The van der Waals surface area contributed by atoms with Gasteiger partial charge in [0.25, 0.3) is 0 Å². The van der Waals surface area contributed by atoms with E-state index in [1.54, 1.807) is 0 Å². The number of unbranched alkanes of at least 4 members (excludes halogenated alkanes) is 34. The van der Waals surface area contributed by atoms with Crippen molar-refractivity contribution in [1.29, 1.82) is 0 Å². The van der Waals surface area contributed by atoms with Gasteiger partial charge in [0.05, 0.1) is 27.7 Å². The monoisotopic (exact) mass is 1030 g/mol. The first-order valence-electron chi connectivity index (χ1n) is 30.4. The second kappa shape index (κ2) is 53.8. The van der Waals surface area contributed by atoms with Gasteiger partial charge in [-0.2, -0.15) is 0 Å². The van der Waals surface area contributed by atoms with Crippen molar-refractivity contribution in [3.05, 3.63) is 48.6 Å². The molecule has 10 heteroatoms. The van der Waals surface area contributed by atoms with E-state index in [1.165, 1.54) is 180 Å². The normalized spacial score (nSPS) is 13.6. The Bertz CT molecular complexity index is 1360. The molecule has 0 radical (unpaired) electrons. The van der Waals surface area contributed by atoms with Gasteiger partial charge >= 0.3 is 19.8 Å². The molecule has 0 bridgehead atoms. The second-order valence-electron chi connectivity index (χ2n) is 21.7. The number of rotatable bonds is 56. The fourth-order valence-corrected chi connectivity index (χ4v) is 9.46. The maximum Gasteiger partial charge on any atom is 0.472 e. The Morgan fingerprint density at radius 1 is 0.444 bits per heavy atom. The van der Waals surface area contributed by atoms with E-state index in [0.29, 0.717) is 23.9 Å². The van der Waals surface area contributed by atoms with E-state index >= 15 is 0 Å². The van der Waals surface area contributed by atoms with Crippen LogP contribution < -0.4 is 0 Å². The first-order valence-corrected chi connectivity index (χ1v) is 31.9. The molecule has 1 N–H and O–H groups in total. The summed E-state index contributed by atoms with van der Waals surface area (Å²) < 4.78 is 34.6. The Balaban J connectivity index is 4.10. The van der Waals surface area contributed by atoms with Crippen molar-refractivity contribution in [3.8, 4) is 0 Å². The molecule has 0 rings (SSSR count). The van der Waals surface area contributed by atoms with Crippen molar-refractivity contribution >= 4 is 19.8 Å². The highest BCUT2D eigenvalue weighted by molar-refractivity contribution is 7.47. The summed E-state index contributed by atoms with van der Waals surface area (Å²) in [6, 6.07) is 0. The molecular formula is C62H117NO8P+. The molecule has 0 saturated carbocycles. The molecule has 0 aromatic carbocycles. The van der Waals surface area contributed by atoms with E-state index in [4.69, 9.17) is 18.5 Å². The number of allylic oxidation sites excluding steroid dienone is 8. The van der Waals surface area contributed by atoms with Crippen molar-refractivity contribution < 1.29 is 42.1 Å². The third-order valence-corrected chi connectivity index (χ3v) is 14.4. The van der Waals surface area contributed by atoms with Gasteiger partial charge in [0.2, 0.25) is 0 Å². The number of phosphoric acid groups is 1. The number of hydrogen-bond donors (Lipinski definition) is 1. The van der Waals surface area contributed by atoms with Gasteiger partial charge in [-0.3, -0.25) is 18.6 Å². The molecule has 2 unspecified atom stereocenters. The Labute approximate surface area is 445 Å². The average Bonchev–Trinajstić information content (AvgIpc) is 3.34. The van der Waals surface area contributed by atoms with Gasteiger partial charge in [0.15, 0.2) is 6.10 Å². The van der Waals surface area contributed by atoms with Gasteiger partial charge in [-0.1, -0.05) is 268 Å². The van der Waals surface area contributed by atoms with Gasteiger partial charge in [0, 0.05) is 12.8 Å². The van der Waals surface area contributed by atoms with E-state index in [0.717, 1.165) is 70.6 Å². The molecule has 0 aromatic rings. The average molecular weight is 1040 g/mol. The third-order valence-electron chi connectivity index (χ3n) is 13.4. The molecule has 422 valence electrons. The zero-order chi connectivity index (χ0) is 52.7. The Hall–Kier alpha value is -2.03. The minimum atomic E-state index is -4.39. The van der Waals surface area contributed by atoms with Gasteiger partial charge < -0.3 is 18.9 Å². The molecule has 0 aliphatic carbocycles. The smallest absolute Gasteiger partial charge is 0.462 e. The van der Waals surface area contributed by atoms with Gasteiger partial charge in [-0.05, 0) is 51.4 Å². The van der Waals surface area contributed by atoms with Crippen LogP contribution in [0.3, 0.4) is 0 Å². The number of esters is 2. The van der Waals surface area contributed by atoms with Gasteiger partial charge in [-0.15, -0.1) is 0 Å². The number of phosphoric ester groups is 1. The van der Waals surface area contributed by atoms with Crippen LogP contribution in [0.25, 0.3) is 0 Å². The first-order chi connectivity index (χ1) is 35.0. The minimum Gasteiger partial charge on any atom is -0.462 e. The Morgan fingerprint density at radius 2 is 0.792 bits per heavy atom. The molecule has 0 heterocycles. The lowest BCUT2D eigenvalue weighted by molar-refractivity contribution is -0.870. The fraction of sp³-hybridized carbons (Fsp3) is 0.839. The Kier molecular flexibility index (Phi) is 52.3. The summed E-state index contributed by atoms with van der Waals surface area (Å²) in [5.41, 5.74) is 0. The molecule has 0 fully saturated rings. The molecule has 72 heavy (non-hydrogen) atoms. The van der Waals surface area contributed by atoms with E-state index < -0.39 is 26.5 Å². The van der Waals surface area contributed by atoms with Crippen molar-refractivity contribution in [1.82, 2.24) is 0 Å². The zero-order valence-electron chi connectivity index (χ0n) is 47.9. The van der Waals surface area contributed by atoms with E-state index in [-0.39, 0.29) is 25.6 Å². The summed E-state index contributed by atoms with van der Waals surface area (Å²) in [6.07, 6.45) is 67.6. The molecule has 0 aliphatic rings. The Morgan fingerprint density at radius 3 is 1.18 bits per heavy atom. The number of carbonyl (C=O) groups is 2. The quantitative estimate of drug-likeness (QED) is 0.0211. The van der Waals surface area contributed by atoms with E-state index in [9.17, 15) is 19.0 Å². The lowest BCUT2D eigenvalue weighted by atomic mass is 10.0. The van der Waals surface area contributed by atoms with Crippen molar-refractivity contribution in [2.45, 2.75) is 290 Å². The van der Waals surface area contributed by atoms with Crippen molar-refractivity contribution in [2.75, 3.05) is 47.5 Å². The SMILES string of the molecule is CC/C=C\C/C=C\C/C=C\C/C=C\CCCCCCCCCCC(=O)OC(COC(=O)CCCCCCCCCCCCCCCCCCCCCCCCCCCCC)COP(=O)(O)OCC[N+](C)(C)C. The number of likely N-dealkylation sites (N-methyl/N-ethyl adjacent to an activating group) is 1. The van der Waals surface area contributed by atoms with Crippen molar-refractivity contribution in [2.24, 2.45) is 0 Å². The molecule has 0 saturated heterocycles.